The number of likely N-dealkylation sites (N-methyl/N-ethyl adjacent to an activating group) is 1. The number of carbonyl (C=O) groups is 2. The second kappa shape index (κ2) is 13.2. The molecular formula is C40H48N6O5S. The molecule has 0 spiro atoms. The van der Waals surface area contributed by atoms with Crippen LogP contribution in [0.3, 0.4) is 0 Å². The smallest absolute Gasteiger partial charge is 0.264 e. The first-order valence-electron chi connectivity index (χ1n) is 18.7. The number of carbonyl (C=O) groups excluding carboxylic acids is 2. The van der Waals surface area contributed by atoms with Gasteiger partial charge in [-0.2, -0.15) is 5.10 Å². The van der Waals surface area contributed by atoms with Gasteiger partial charge in [0.05, 0.1) is 42.1 Å². The average Bonchev–Trinajstić information content (AvgIpc) is 3.90. The van der Waals surface area contributed by atoms with E-state index in [1.54, 1.807) is 37.9 Å². The van der Waals surface area contributed by atoms with Gasteiger partial charge in [0.25, 0.3) is 11.8 Å². The molecule has 3 aliphatic heterocycles. The second-order valence-corrected chi connectivity index (χ2v) is 17.4. The first kappa shape index (κ1) is 34.7. The second-order valence-electron chi connectivity index (χ2n) is 15.2. The average molecular weight is 725 g/mol. The number of methoxy groups -OCH3 is 1. The zero-order valence-corrected chi connectivity index (χ0v) is 31.5. The van der Waals surface area contributed by atoms with E-state index in [2.05, 4.69) is 44.4 Å². The molecule has 1 unspecified atom stereocenters. The Morgan fingerprint density at radius 2 is 1.81 bits per heavy atom. The summed E-state index contributed by atoms with van der Waals surface area (Å²) in [5.41, 5.74) is 7.77. The van der Waals surface area contributed by atoms with Crippen LogP contribution in [-0.4, -0.2) is 88.5 Å². The quantitative estimate of drug-likeness (QED) is 0.236. The third-order valence-corrected chi connectivity index (χ3v) is 13.6. The van der Waals surface area contributed by atoms with E-state index in [1.165, 1.54) is 12.0 Å². The highest BCUT2D eigenvalue weighted by Crippen LogP contribution is 2.48. The van der Waals surface area contributed by atoms with E-state index in [9.17, 15) is 18.0 Å². The van der Waals surface area contributed by atoms with Gasteiger partial charge in [-0.05, 0) is 98.7 Å². The Bertz CT molecular complexity index is 2230. The van der Waals surface area contributed by atoms with Crippen LogP contribution in [0.5, 0.6) is 5.75 Å². The summed E-state index contributed by atoms with van der Waals surface area (Å²) in [5.74, 6) is 0.416. The fraction of sp³-hybridized carbons (Fsp3) is 0.475. The van der Waals surface area contributed by atoms with E-state index in [0.29, 0.717) is 24.1 Å². The Morgan fingerprint density at radius 1 is 1.02 bits per heavy atom. The first-order chi connectivity index (χ1) is 25.0. The van der Waals surface area contributed by atoms with Crippen LogP contribution in [0.4, 0.5) is 0 Å². The van der Waals surface area contributed by atoms with Gasteiger partial charge in [0.15, 0.2) is 0 Å². The number of hydrogen-bond donors (Lipinski definition) is 1. The maximum absolute atomic E-state index is 14.4. The number of nitrogens with zero attached hydrogens (tertiary/aromatic N) is 5. The lowest BCUT2D eigenvalue weighted by molar-refractivity contribution is 0.0630. The summed E-state index contributed by atoms with van der Waals surface area (Å²) in [6, 6.07) is 12.3. The fourth-order valence-electron chi connectivity index (χ4n) is 9.15. The number of fused-ring (bicyclic) bond motifs is 7. The molecule has 12 heteroatoms. The number of aromatic nitrogens is 3. The number of rotatable bonds is 8. The molecular weight excluding hydrogens is 677 g/mol. The highest BCUT2D eigenvalue weighted by atomic mass is 32.2. The van der Waals surface area contributed by atoms with Crippen molar-refractivity contribution in [3.05, 3.63) is 70.5 Å². The largest absolute Gasteiger partial charge is 0.497 e. The van der Waals surface area contributed by atoms with Gasteiger partial charge in [0.1, 0.15) is 5.75 Å². The van der Waals surface area contributed by atoms with Crippen LogP contribution < -0.4 is 9.46 Å². The molecule has 8 rings (SSSR count). The van der Waals surface area contributed by atoms with Gasteiger partial charge in [0.2, 0.25) is 10.0 Å². The lowest BCUT2D eigenvalue weighted by atomic mass is 9.81. The lowest BCUT2D eigenvalue weighted by Gasteiger charge is -2.33. The zero-order chi connectivity index (χ0) is 36.5. The fourth-order valence-corrected chi connectivity index (χ4v) is 9.76. The van der Waals surface area contributed by atoms with E-state index < -0.39 is 21.2 Å². The third kappa shape index (κ3) is 5.74. The Balaban J connectivity index is 1.30. The molecule has 1 N–H and O–H groups in total. The number of benzene rings is 2. The van der Waals surface area contributed by atoms with Crippen LogP contribution in [0.1, 0.15) is 103 Å². The lowest BCUT2D eigenvalue weighted by Crippen LogP contribution is -2.48. The van der Waals surface area contributed by atoms with Gasteiger partial charge in [-0.25, -0.2) is 13.1 Å². The summed E-state index contributed by atoms with van der Waals surface area (Å²) in [7, 11) is -0.272. The van der Waals surface area contributed by atoms with Crippen LogP contribution >= 0.6 is 0 Å². The number of hydrogen-bond acceptors (Lipinski definition) is 7. The van der Waals surface area contributed by atoms with Crippen molar-refractivity contribution in [3.63, 3.8) is 0 Å². The Morgan fingerprint density at radius 3 is 2.50 bits per heavy atom. The van der Waals surface area contributed by atoms with Crippen LogP contribution in [0.25, 0.3) is 33.8 Å². The molecule has 5 heterocycles. The summed E-state index contributed by atoms with van der Waals surface area (Å²) in [6.07, 6.45) is 10.5. The van der Waals surface area contributed by atoms with E-state index in [1.807, 2.05) is 30.1 Å². The molecule has 274 valence electrons. The topological polar surface area (TPSA) is 119 Å². The molecule has 11 nitrogen and oxygen atoms in total. The summed E-state index contributed by atoms with van der Waals surface area (Å²) in [5, 5.41) is 4.96. The highest BCUT2D eigenvalue weighted by molar-refractivity contribution is 7.90. The molecule has 52 heavy (non-hydrogen) atoms. The molecule has 1 aliphatic carbocycles. The molecule has 1 saturated carbocycles. The Labute approximate surface area is 305 Å². The van der Waals surface area contributed by atoms with Crippen LogP contribution in [0.2, 0.25) is 0 Å². The van der Waals surface area contributed by atoms with E-state index in [-0.39, 0.29) is 17.5 Å². The summed E-state index contributed by atoms with van der Waals surface area (Å²) >= 11 is 0. The molecule has 2 aromatic heterocycles. The van der Waals surface area contributed by atoms with Crippen molar-refractivity contribution in [2.75, 3.05) is 26.7 Å². The number of sulfonamides is 1. The minimum atomic E-state index is -3.83. The van der Waals surface area contributed by atoms with E-state index in [4.69, 9.17) is 4.74 Å². The molecule has 2 bridgehead atoms. The molecule has 2 aromatic carbocycles. The van der Waals surface area contributed by atoms with Gasteiger partial charge in [0, 0.05) is 54.3 Å². The number of piperazine rings is 1. The number of likely N-dealkylation sites (tertiary alicyclic amines) is 2. The van der Waals surface area contributed by atoms with Gasteiger partial charge < -0.3 is 14.2 Å². The van der Waals surface area contributed by atoms with Crippen LogP contribution in [0, 0.1) is 0 Å². The summed E-state index contributed by atoms with van der Waals surface area (Å²) in [4.78, 5) is 32.4. The predicted molar refractivity (Wildman–Crippen MR) is 203 cm³/mol. The van der Waals surface area contributed by atoms with Crippen molar-refractivity contribution in [1.82, 2.24) is 28.9 Å². The van der Waals surface area contributed by atoms with Crippen molar-refractivity contribution in [2.24, 2.45) is 7.05 Å². The van der Waals surface area contributed by atoms with Crippen LogP contribution in [-0.2, 0) is 23.6 Å². The Kier molecular flexibility index (Phi) is 8.81. The van der Waals surface area contributed by atoms with Gasteiger partial charge in [-0.1, -0.05) is 32.3 Å². The van der Waals surface area contributed by atoms with Gasteiger partial charge >= 0.3 is 0 Å². The predicted octanol–water partition coefficient (Wildman–Crippen LogP) is 6.04. The van der Waals surface area contributed by atoms with Crippen molar-refractivity contribution in [1.29, 1.82) is 0 Å². The van der Waals surface area contributed by atoms with Crippen molar-refractivity contribution in [2.45, 2.75) is 89.1 Å². The van der Waals surface area contributed by atoms with E-state index >= 15 is 0 Å². The number of nitrogens with one attached hydrogen (secondary N) is 1. The number of ether oxygens (including phenoxy) is 1. The molecule has 0 radical (unpaired) electrons. The van der Waals surface area contributed by atoms with Crippen molar-refractivity contribution in [3.8, 4) is 17.0 Å². The molecule has 4 aliphatic rings. The maximum atomic E-state index is 14.4. The third-order valence-electron chi connectivity index (χ3n) is 11.9. The maximum Gasteiger partial charge on any atom is 0.264 e. The van der Waals surface area contributed by atoms with Crippen molar-refractivity contribution >= 4 is 44.4 Å². The minimum Gasteiger partial charge on any atom is -0.497 e. The molecule has 2 amide bonds. The van der Waals surface area contributed by atoms with Gasteiger partial charge in [-0.15, -0.1) is 0 Å². The number of allylic oxidation sites excluding steroid dienone is 1. The number of aryl methyl sites for hydroxylation is 1. The summed E-state index contributed by atoms with van der Waals surface area (Å²) < 4.78 is 37.5. The monoisotopic (exact) mass is 724 g/mol. The SMILES string of the molecule is CCN1C[C@@H]2CC1CN2C(=O)c1cnn(C)c1C1=Cc2cc(OC)ccc2-c2c(C3CCCCC3)c3ccc(C(=O)NS(=O)(=O)C(C)C)cc3n2C1. The highest BCUT2D eigenvalue weighted by Gasteiger charge is 2.45. The normalized spacial score (nSPS) is 20.6. The zero-order valence-electron chi connectivity index (χ0n) is 30.7. The number of amides is 2. The standard InChI is InChI=1S/C40H48N6O5S/c1-6-44-22-30-19-29(44)23-45(30)40(48)34-20-41-43(4)37(34)28-16-27-17-31(51-5)13-15-32(27)38-36(25-10-8-7-9-11-25)33-14-12-26(18-35(33)46(38)21-28)39(47)42-52(49,50)24(2)3/h12-18,20,24-25,29-30H,6-11,19,21-23H2,1-5H3,(H,42,47)/t29?,30-/m0/s1. The van der Waals surface area contributed by atoms with Crippen molar-refractivity contribution < 1.29 is 22.7 Å². The Hall–Kier alpha value is -4.42. The van der Waals surface area contributed by atoms with E-state index in [0.717, 1.165) is 96.5 Å². The molecule has 4 aromatic rings. The minimum absolute atomic E-state index is 0.00756. The van der Waals surface area contributed by atoms with Gasteiger partial charge in [-0.3, -0.25) is 19.2 Å². The molecule has 3 fully saturated rings. The molecule has 2 saturated heterocycles. The van der Waals surface area contributed by atoms with Crippen LogP contribution in [0.15, 0.2) is 42.6 Å². The first-order valence-corrected chi connectivity index (χ1v) is 20.2. The summed E-state index contributed by atoms with van der Waals surface area (Å²) in [6.45, 7) is 8.31. The molecule has 2 atom stereocenters.